The molecule has 1 N–H and O–H groups in total. The maximum Gasteiger partial charge on any atom is 0.230 e. The number of thioether (sulfide) groups is 1. The number of amides is 1. The number of aryl methyl sites for hydroxylation is 2. The maximum atomic E-state index is 12.4. The van der Waals surface area contributed by atoms with Gasteiger partial charge in [-0.15, -0.1) is 11.3 Å². The molecule has 1 amide bonds. The zero-order chi connectivity index (χ0) is 19.0. The molecule has 0 bridgehead atoms. The van der Waals surface area contributed by atoms with Crippen LogP contribution in [0.25, 0.3) is 21.2 Å². The van der Waals surface area contributed by atoms with E-state index in [9.17, 15) is 4.79 Å². The maximum absolute atomic E-state index is 12.4. The van der Waals surface area contributed by atoms with Gasteiger partial charge in [-0.1, -0.05) is 30.0 Å². The summed E-state index contributed by atoms with van der Waals surface area (Å²) in [6.45, 7) is 6.08. The summed E-state index contributed by atoms with van der Waals surface area (Å²) in [4.78, 5) is 23.3. The molecule has 1 aromatic carbocycles. The van der Waals surface area contributed by atoms with Gasteiger partial charge in [0.25, 0.3) is 0 Å². The number of fused-ring (bicyclic) bond motifs is 2. The monoisotopic (exact) mass is 397 g/mol. The predicted octanol–water partition coefficient (Wildman–Crippen LogP) is 5.02. The summed E-state index contributed by atoms with van der Waals surface area (Å²) in [6, 6.07) is 9.61. The van der Waals surface area contributed by atoms with Crippen molar-refractivity contribution in [3.8, 4) is 0 Å². The minimum absolute atomic E-state index is 0.0516. The van der Waals surface area contributed by atoms with E-state index in [0.717, 1.165) is 32.0 Å². The van der Waals surface area contributed by atoms with Gasteiger partial charge >= 0.3 is 0 Å². The normalized spacial score (nSPS) is 12.6. The molecular weight excluding hydrogens is 378 g/mol. The summed E-state index contributed by atoms with van der Waals surface area (Å²) >= 11 is 3.10. The summed E-state index contributed by atoms with van der Waals surface area (Å²) in [5.74, 6) is 0.998. The molecule has 5 nitrogen and oxygen atoms in total. The fourth-order valence-electron chi connectivity index (χ4n) is 2.96. The molecule has 27 heavy (non-hydrogen) atoms. The fourth-order valence-corrected chi connectivity index (χ4v) is 4.89. The van der Waals surface area contributed by atoms with E-state index in [4.69, 9.17) is 4.42 Å². The van der Waals surface area contributed by atoms with Crippen molar-refractivity contribution in [3.63, 3.8) is 0 Å². The van der Waals surface area contributed by atoms with Crippen molar-refractivity contribution >= 4 is 50.2 Å². The van der Waals surface area contributed by atoms with E-state index in [1.54, 1.807) is 17.7 Å². The fraction of sp³-hybridized carbons (Fsp3) is 0.250. The van der Waals surface area contributed by atoms with Crippen molar-refractivity contribution in [1.29, 1.82) is 0 Å². The van der Waals surface area contributed by atoms with Crippen LogP contribution in [0.2, 0.25) is 0 Å². The number of rotatable bonds is 5. The van der Waals surface area contributed by atoms with Crippen LogP contribution in [0.5, 0.6) is 0 Å². The van der Waals surface area contributed by atoms with Gasteiger partial charge in [0.05, 0.1) is 11.8 Å². The number of hydrogen-bond donors (Lipinski definition) is 1. The van der Waals surface area contributed by atoms with E-state index in [1.165, 1.54) is 22.2 Å². The number of carbonyl (C=O) groups is 1. The summed E-state index contributed by atoms with van der Waals surface area (Å²) < 4.78 is 5.83. The lowest BCUT2D eigenvalue weighted by Gasteiger charge is -2.11. The molecule has 0 aliphatic carbocycles. The number of thiophene rings is 1. The molecule has 0 aliphatic heterocycles. The first-order valence-corrected chi connectivity index (χ1v) is 10.4. The minimum Gasteiger partial charge on any atom is -0.459 e. The van der Waals surface area contributed by atoms with Crippen LogP contribution in [-0.2, 0) is 4.79 Å². The van der Waals surface area contributed by atoms with E-state index >= 15 is 0 Å². The topological polar surface area (TPSA) is 68.0 Å². The van der Waals surface area contributed by atoms with E-state index in [-0.39, 0.29) is 11.9 Å². The molecule has 0 unspecified atom stereocenters. The smallest absolute Gasteiger partial charge is 0.230 e. The molecule has 138 valence electrons. The van der Waals surface area contributed by atoms with Crippen LogP contribution < -0.4 is 5.32 Å². The second-order valence-electron chi connectivity index (χ2n) is 6.41. The molecule has 4 rings (SSSR count). The Kier molecular flexibility index (Phi) is 4.88. The Hall–Kier alpha value is -2.38. The molecule has 7 heteroatoms. The van der Waals surface area contributed by atoms with E-state index in [2.05, 4.69) is 29.1 Å². The highest BCUT2D eigenvalue weighted by Gasteiger charge is 2.16. The Morgan fingerprint density at radius 3 is 2.93 bits per heavy atom. The highest BCUT2D eigenvalue weighted by atomic mass is 32.2. The van der Waals surface area contributed by atoms with Crippen LogP contribution >= 0.6 is 23.1 Å². The summed E-state index contributed by atoms with van der Waals surface area (Å²) in [7, 11) is 0. The first kappa shape index (κ1) is 18.0. The molecule has 0 saturated carbocycles. The molecule has 0 radical (unpaired) electrons. The van der Waals surface area contributed by atoms with Crippen LogP contribution in [-0.4, -0.2) is 21.6 Å². The van der Waals surface area contributed by atoms with Crippen molar-refractivity contribution in [3.05, 3.63) is 52.9 Å². The second-order valence-corrected chi connectivity index (χ2v) is 8.57. The number of aromatic nitrogens is 2. The molecule has 0 saturated heterocycles. The van der Waals surface area contributed by atoms with Crippen LogP contribution in [0.1, 0.15) is 29.2 Å². The van der Waals surface area contributed by atoms with Gasteiger partial charge in [0, 0.05) is 15.6 Å². The van der Waals surface area contributed by atoms with Gasteiger partial charge in [0.15, 0.2) is 0 Å². The van der Waals surface area contributed by atoms with Crippen molar-refractivity contribution in [2.45, 2.75) is 31.8 Å². The van der Waals surface area contributed by atoms with Crippen LogP contribution in [0.15, 0.2) is 46.1 Å². The Morgan fingerprint density at radius 1 is 1.30 bits per heavy atom. The van der Waals surface area contributed by atoms with Gasteiger partial charge < -0.3 is 9.73 Å². The molecule has 3 heterocycles. The van der Waals surface area contributed by atoms with Gasteiger partial charge in [0.1, 0.15) is 27.5 Å². The quantitative estimate of drug-likeness (QED) is 0.378. The minimum atomic E-state index is -0.193. The molecule has 3 aromatic heterocycles. The molecule has 4 aromatic rings. The lowest BCUT2D eigenvalue weighted by molar-refractivity contribution is -0.119. The van der Waals surface area contributed by atoms with E-state index in [0.29, 0.717) is 5.75 Å². The first-order valence-electron chi connectivity index (χ1n) is 8.64. The Balaban J connectivity index is 1.44. The van der Waals surface area contributed by atoms with Gasteiger partial charge in [-0.25, -0.2) is 9.97 Å². The third-order valence-corrected chi connectivity index (χ3v) is 6.62. The van der Waals surface area contributed by atoms with Crippen LogP contribution in [0.4, 0.5) is 0 Å². The summed E-state index contributed by atoms with van der Waals surface area (Å²) in [5, 5.41) is 5.95. The Labute approximate surface area is 165 Å². The average Bonchev–Trinajstić information content (AvgIpc) is 3.22. The number of hydrogen-bond acceptors (Lipinski definition) is 6. The van der Waals surface area contributed by atoms with Crippen LogP contribution in [0.3, 0.4) is 0 Å². The summed E-state index contributed by atoms with van der Waals surface area (Å²) in [5.41, 5.74) is 2.02. The average molecular weight is 398 g/mol. The van der Waals surface area contributed by atoms with Gasteiger partial charge in [0.2, 0.25) is 5.91 Å². The first-order chi connectivity index (χ1) is 13.0. The number of nitrogens with one attached hydrogen (secondary N) is 1. The van der Waals surface area contributed by atoms with E-state index in [1.807, 2.05) is 37.3 Å². The third kappa shape index (κ3) is 3.57. The van der Waals surface area contributed by atoms with Crippen molar-refractivity contribution in [2.75, 3.05) is 5.75 Å². The highest BCUT2D eigenvalue weighted by molar-refractivity contribution is 8.00. The van der Waals surface area contributed by atoms with E-state index < -0.39 is 0 Å². The SMILES string of the molecule is Cc1sc2ncnc(SCC(=O)N[C@H](C)c3cc4ccccc4o3)c2c1C. The molecular formula is C20H19N3O2S2. The lowest BCUT2D eigenvalue weighted by atomic mass is 10.2. The molecule has 0 fully saturated rings. The van der Waals surface area contributed by atoms with Gasteiger partial charge in [-0.05, 0) is 38.5 Å². The predicted molar refractivity (Wildman–Crippen MR) is 110 cm³/mol. The number of nitrogens with zero attached hydrogens (tertiary/aromatic N) is 2. The Morgan fingerprint density at radius 2 is 2.11 bits per heavy atom. The van der Waals surface area contributed by atoms with Crippen molar-refractivity contribution < 1.29 is 9.21 Å². The zero-order valence-corrected chi connectivity index (χ0v) is 16.9. The van der Waals surface area contributed by atoms with Crippen molar-refractivity contribution in [2.24, 2.45) is 0 Å². The van der Waals surface area contributed by atoms with Gasteiger partial charge in [-0.2, -0.15) is 0 Å². The number of benzene rings is 1. The van der Waals surface area contributed by atoms with Crippen molar-refractivity contribution in [1.82, 2.24) is 15.3 Å². The molecule has 0 aliphatic rings. The zero-order valence-electron chi connectivity index (χ0n) is 15.3. The number of carbonyl (C=O) groups excluding carboxylic acids is 1. The number of furan rings is 1. The standard InChI is InChI=1S/C20H19N3O2S2/c1-11-13(3)27-20-18(11)19(21-10-22-20)26-9-17(24)23-12(2)16-8-14-6-4-5-7-15(14)25-16/h4-8,10,12H,9H2,1-3H3,(H,23,24)/t12-/m1/s1. The molecule has 0 spiro atoms. The summed E-state index contributed by atoms with van der Waals surface area (Å²) in [6.07, 6.45) is 1.56. The van der Waals surface area contributed by atoms with Crippen LogP contribution in [0, 0.1) is 13.8 Å². The van der Waals surface area contributed by atoms with Gasteiger partial charge in [-0.3, -0.25) is 4.79 Å². The third-order valence-electron chi connectivity index (χ3n) is 4.52. The number of para-hydroxylation sites is 1. The second kappa shape index (κ2) is 7.32. The largest absolute Gasteiger partial charge is 0.459 e. The highest BCUT2D eigenvalue weighted by Crippen LogP contribution is 2.34. The molecule has 1 atom stereocenters. The Bertz CT molecular complexity index is 1100. The lowest BCUT2D eigenvalue weighted by Crippen LogP contribution is -2.27.